The number of aliphatic hydroxyl groups excluding tert-OH is 2. The number of thioether (sulfide) groups is 1. The summed E-state index contributed by atoms with van der Waals surface area (Å²) in [7, 11) is 0. The molecule has 3 aliphatic rings. The van der Waals surface area contributed by atoms with Gasteiger partial charge in [0, 0.05) is 42.6 Å². The van der Waals surface area contributed by atoms with Gasteiger partial charge in [-0.3, -0.25) is 0 Å². The molecule has 1 saturated carbocycles. The SMILES string of the molecule is C=CCOC12Oc3ccc(OC(=O)NCc4ccccc4)cc3C3C(CCCCO)C(CCCCO)C=C(C(=NOCc4ccccc4)CC1Sc1ccc4ccccc4c1)C32. The lowest BCUT2D eigenvalue weighted by Gasteiger charge is -2.58. The minimum Gasteiger partial charge on any atom is -0.460 e. The van der Waals surface area contributed by atoms with Crippen LogP contribution in [0.25, 0.3) is 10.8 Å². The van der Waals surface area contributed by atoms with Gasteiger partial charge in [0.15, 0.2) is 0 Å². The van der Waals surface area contributed by atoms with E-state index in [1.165, 1.54) is 5.39 Å². The number of nitrogens with zero attached hydrogens (tertiary/aromatic N) is 1. The standard InChI is InChI=1S/C52H56N2O7S/c1-2-29-58-52-48(62-42-25-23-38-19-9-10-20-39(38)30-42)33-46(54-59-35-37-17-7-4-8-18-37)44-31-40(21-11-13-27-55)43(22-12-14-28-56)49(50(44)52)45-32-41(24-26-47(45)61-52)60-51(57)53-34-36-15-5-3-6-16-36/h2-10,15-20,23-26,30-32,40,43,48-50,55-56H,1,11-14,21-22,27-29,33-35H2,(H,53,57). The highest BCUT2D eigenvalue weighted by molar-refractivity contribution is 8.00. The Morgan fingerprint density at radius 1 is 0.855 bits per heavy atom. The molecule has 3 N–H and O–H groups in total. The number of ether oxygens (including phenoxy) is 3. The fourth-order valence-electron chi connectivity index (χ4n) is 9.57. The van der Waals surface area contributed by atoms with Crippen molar-refractivity contribution in [3.05, 3.63) is 162 Å². The van der Waals surface area contributed by atoms with Gasteiger partial charge in [0.2, 0.25) is 5.79 Å². The Kier molecular flexibility index (Phi) is 14.4. The summed E-state index contributed by atoms with van der Waals surface area (Å²) in [6.07, 6.45) is 8.89. The third-order valence-corrected chi connectivity index (χ3v) is 13.7. The zero-order chi connectivity index (χ0) is 42.7. The summed E-state index contributed by atoms with van der Waals surface area (Å²) in [6, 6.07) is 40.4. The Bertz CT molecular complexity index is 2350. The van der Waals surface area contributed by atoms with Crippen LogP contribution in [0.15, 0.2) is 156 Å². The van der Waals surface area contributed by atoms with E-state index in [2.05, 4.69) is 60.4 Å². The van der Waals surface area contributed by atoms with Gasteiger partial charge in [0.1, 0.15) is 18.1 Å². The molecular weight excluding hydrogens is 797 g/mol. The molecule has 5 aromatic carbocycles. The van der Waals surface area contributed by atoms with Crippen molar-refractivity contribution in [2.75, 3.05) is 19.8 Å². The van der Waals surface area contributed by atoms with E-state index >= 15 is 0 Å². The number of oxime groups is 1. The molecule has 1 heterocycles. The summed E-state index contributed by atoms with van der Waals surface area (Å²) in [6.45, 7) is 5.22. The molecule has 10 heteroatoms. The Labute approximate surface area is 368 Å². The number of carbonyl (C=O) groups is 1. The van der Waals surface area contributed by atoms with Crippen molar-refractivity contribution < 1.29 is 34.1 Å². The van der Waals surface area contributed by atoms with Crippen molar-refractivity contribution in [3.8, 4) is 11.5 Å². The maximum atomic E-state index is 13.3. The zero-order valence-corrected chi connectivity index (χ0v) is 35.9. The fraction of sp³-hybridized carbons (Fsp3) is 0.346. The number of allylic oxidation sites excluding steroid dienone is 1. The predicted octanol–water partition coefficient (Wildman–Crippen LogP) is 10.8. The van der Waals surface area contributed by atoms with Crippen molar-refractivity contribution in [2.45, 2.75) is 79.9 Å². The highest BCUT2D eigenvalue weighted by Gasteiger charge is 2.64. The van der Waals surface area contributed by atoms with E-state index < -0.39 is 11.9 Å². The smallest absolute Gasteiger partial charge is 0.412 e. The summed E-state index contributed by atoms with van der Waals surface area (Å²) in [5.74, 6) is -0.346. The van der Waals surface area contributed by atoms with Gasteiger partial charge >= 0.3 is 6.09 Å². The van der Waals surface area contributed by atoms with Crippen molar-refractivity contribution in [3.63, 3.8) is 0 Å². The summed E-state index contributed by atoms with van der Waals surface area (Å²) < 4.78 is 20.5. The molecule has 0 radical (unpaired) electrons. The van der Waals surface area contributed by atoms with Crippen LogP contribution in [0.2, 0.25) is 0 Å². The van der Waals surface area contributed by atoms with E-state index in [-0.39, 0.29) is 48.7 Å². The molecule has 5 aromatic rings. The maximum Gasteiger partial charge on any atom is 0.412 e. The topological polar surface area (TPSA) is 119 Å². The van der Waals surface area contributed by atoms with Crippen molar-refractivity contribution >= 4 is 34.3 Å². The van der Waals surface area contributed by atoms with Gasteiger partial charge in [-0.15, -0.1) is 18.3 Å². The second-order valence-electron chi connectivity index (χ2n) is 16.4. The molecule has 0 aromatic heterocycles. The van der Waals surface area contributed by atoms with E-state index in [9.17, 15) is 15.0 Å². The second kappa shape index (κ2) is 20.7. The number of benzene rings is 5. The van der Waals surface area contributed by atoms with E-state index in [1.807, 2.05) is 72.8 Å². The Morgan fingerprint density at radius 3 is 2.34 bits per heavy atom. The van der Waals surface area contributed by atoms with Crippen LogP contribution in [0.5, 0.6) is 11.5 Å². The van der Waals surface area contributed by atoms with Gasteiger partial charge in [-0.05, 0) is 95.3 Å². The molecule has 9 nitrogen and oxygen atoms in total. The number of nitrogens with one attached hydrogen (secondary N) is 1. The van der Waals surface area contributed by atoms with Gasteiger partial charge in [-0.25, -0.2) is 4.79 Å². The molecule has 6 atom stereocenters. The monoisotopic (exact) mass is 852 g/mol. The first-order chi connectivity index (χ1) is 30.5. The first-order valence-electron chi connectivity index (χ1n) is 21.9. The van der Waals surface area contributed by atoms with Crippen LogP contribution in [0, 0.1) is 17.8 Å². The summed E-state index contributed by atoms with van der Waals surface area (Å²) in [5.41, 5.74) is 4.82. The molecule has 8 rings (SSSR count). The summed E-state index contributed by atoms with van der Waals surface area (Å²) >= 11 is 1.73. The van der Waals surface area contributed by atoms with Crippen LogP contribution >= 0.6 is 11.8 Å². The Hall–Kier alpha value is -5.39. The van der Waals surface area contributed by atoms with E-state index in [1.54, 1.807) is 23.9 Å². The minimum absolute atomic E-state index is 0.0985. The second-order valence-corrected chi connectivity index (χ2v) is 17.6. The summed E-state index contributed by atoms with van der Waals surface area (Å²) in [5, 5.41) is 29.8. The lowest BCUT2D eigenvalue weighted by molar-refractivity contribution is -0.223. The van der Waals surface area contributed by atoms with Crippen LogP contribution in [0.1, 0.15) is 67.6 Å². The number of aliphatic hydroxyl groups is 2. The van der Waals surface area contributed by atoms with E-state index in [0.29, 0.717) is 43.9 Å². The number of hydrogen-bond acceptors (Lipinski definition) is 9. The number of unbranched alkanes of at least 4 members (excludes halogenated alkanes) is 2. The molecular formula is C52H56N2O7S. The third-order valence-electron chi connectivity index (χ3n) is 12.4. The number of amides is 1. The number of rotatable bonds is 19. The minimum atomic E-state index is -1.16. The Balaban J connectivity index is 1.25. The number of carbonyl (C=O) groups excluding carboxylic acids is 1. The van der Waals surface area contributed by atoms with E-state index in [4.69, 9.17) is 24.2 Å². The van der Waals surface area contributed by atoms with Crippen LogP contribution < -0.4 is 14.8 Å². The average Bonchev–Trinajstić information content (AvgIpc) is 3.30. The molecule has 322 valence electrons. The van der Waals surface area contributed by atoms with E-state index in [0.717, 1.165) is 63.9 Å². The molecule has 62 heavy (non-hydrogen) atoms. The average molecular weight is 853 g/mol. The fourth-order valence-corrected chi connectivity index (χ4v) is 10.9. The first kappa shape index (κ1) is 43.3. The zero-order valence-electron chi connectivity index (χ0n) is 35.1. The van der Waals surface area contributed by atoms with Crippen molar-refractivity contribution in [1.82, 2.24) is 5.32 Å². The molecule has 0 spiro atoms. The van der Waals surface area contributed by atoms with Crippen LogP contribution in [-0.4, -0.2) is 52.9 Å². The summed E-state index contributed by atoms with van der Waals surface area (Å²) in [4.78, 5) is 20.6. The van der Waals surface area contributed by atoms with Crippen molar-refractivity contribution in [1.29, 1.82) is 0 Å². The quantitative estimate of drug-likeness (QED) is 0.0427. The lowest BCUT2D eigenvalue weighted by atomic mass is 9.56. The van der Waals surface area contributed by atoms with Crippen LogP contribution in [0.4, 0.5) is 4.79 Å². The van der Waals surface area contributed by atoms with Gasteiger partial charge in [-0.1, -0.05) is 121 Å². The highest BCUT2D eigenvalue weighted by atomic mass is 32.2. The van der Waals surface area contributed by atoms with Gasteiger partial charge < -0.3 is 34.6 Å². The molecule has 1 amide bonds. The Morgan fingerprint density at radius 2 is 1.58 bits per heavy atom. The van der Waals surface area contributed by atoms with Gasteiger partial charge in [0.05, 0.1) is 23.5 Å². The van der Waals surface area contributed by atoms with Gasteiger partial charge in [-0.2, -0.15) is 0 Å². The maximum absolute atomic E-state index is 13.3. The number of hydrogen-bond donors (Lipinski definition) is 3. The third kappa shape index (κ3) is 9.79. The molecule has 0 saturated heterocycles. The van der Waals surface area contributed by atoms with Crippen LogP contribution in [-0.2, 0) is 22.7 Å². The molecule has 1 aliphatic heterocycles. The molecule has 6 unspecified atom stereocenters. The van der Waals surface area contributed by atoms with Crippen LogP contribution in [0.3, 0.4) is 0 Å². The largest absolute Gasteiger partial charge is 0.460 e. The van der Waals surface area contributed by atoms with Gasteiger partial charge in [0.25, 0.3) is 0 Å². The molecule has 0 bridgehead atoms. The number of fused-ring (bicyclic) bond motifs is 3. The first-order valence-corrected chi connectivity index (χ1v) is 22.8. The normalized spacial score (nSPS) is 23.1. The highest BCUT2D eigenvalue weighted by Crippen LogP contribution is 2.63. The predicted molar refractivity (Wildman–Crippen MR) is 245 cm³/mol. The molecule has 2 aliphatic carbocycles. The molecule has 1 fully saturated rings. The van der Waals surface area contributed by atoms with Crippen molar-refractivity contribution in [2.24, 2.45) is 22.9 Å². The lowest BCUT2D eigenvalue weighted by Crippen LogP contribution is -2.64.